The zero-order valence-corrected chi connectivity index (χ0v) is 6.33. The molecule has 0 spiro atoms. The molecular formula is C3H6O4S2. The van der Waals surface area contributed by atoms with E-state index >= 15 is 0 Å². The minimum atomic E-state index is -2.77. The lowest BCUT2D eigenvalue weighted by molar-refractivity contribution is -0.139. The minimum absolute atomic E-state index is 0.598. The third kappa shape index (κ3) is 7.80. The average molecular weight is 170 g/mol. The van der Waals surface area contributed by atoms with Gasteiger partial charge in [-0.25, -0.2) is 9.00 Å². The molecule has 0 radical (unpaired) electrons. The van der Waals surface area contributed by atoms with Crippen LogP contribution >= 0.6 is 0 Å². The minimum Gasteiger partial charge on any atom is -0.479 e. The molecule has 0 aliphatic carbocycles. The summed E-state index contributed by atoms with van der Waals surface area (Å²) in [5, 5.41) is 7.98. The van der Waals surface area contributed by atoms with Crippen LogP contribution < -0.4 is 0 Å². The van der Waals surface area contributed by atoms with Crippen LogP contribution in [0.4, 0.5) is 0 Å². The molecule has 0 heterocycles. The van der Waals surface area contributed by atoms with Crippen LogP contribution in [0.5, 0.6) is 0 Å². The molecule has 54 valence electrons. The van der Waals surface area contributed by atoms with E-state index < -0.39 is 21.3 Å². The molecule has 0 saturated carbocycles. The fourth-order valence-corrected chi connectivity index (χ4v) is 0.617. The Bertz CT molecular complexity index is 192. The molecule has 0 saturated heterocycles. The second-order valence-corrected chi connectivity index (χ2v) is 4.82. The Morgan fingerprint density at radius 2 is 2.33 bits per heavy atom. The van der Waals surface area contributed by atoms with Crippen molar-refractivity contribution in [3.8, 4) is 0 Å². The van der Waals surface area contributed by atoms with E-state index in [1.807, 2.05) is 0 Å². The molecule has 0 rings (SSSR count). The highest BCUT2D eigenvalue weighted by Gasteiger charge is 2.00. The van der Waals surface area contributed by atoms with E-state index in [4.69, 9.17) is 5.11 Å². The second-order valence-electron chi connectivity index (χ2n) is 1.36. The first kappa shape index (κ1) is 8.80. The Hall–Kier alpha value is -0.200. The standard InChI is InChI=1S/C3H6O4S2/c1-9(6,8)7-2-3(4)5/h2H2,1H3,(H,4,5). The summed E-state index contributed by atoms with van der Waals surface area (Å²) in [6.45, 7) is -0.598. The maximum absolute atomic E-state index is 10.4. The van der Waals surface area contributed by atoms with E-state index in [0.717, 1.165) is 6.26 Å². The van der Waals surface area contributed by atoms with Crippen LogP contribution in [0.15, 0.2) is 0 Å². The van der Waals surface area contributed by atoms with Crippen molar-refractivity contribution >= 4 is 25.9 Å². The van der Waals surface area contributed by atoms with Crippen molar-refractivity contribution in [1.82, 2.24) is 0 Å². The molecule has 0 fully saturated rings. The number of carboxylic acid groups (broad SMARTS) is 1. The predicted molar refractivity (Wildman–Crippen MR) is 35.0 cm³/mol. The fraction of sp³-hybridized carbons (Fsp3) is 0.667. The van der Waals surface area contributed by atoms with E-state index in [2.05, 4.69) is 15.4 Å². The van der Waals surface area contributed by atoms with Gasteiger partial charge < -0.3 is 5.11 Å². The summed E-state index contributed by atoms with van der Waals surface area (Å²) in [5.74, 6) is -1.17. The number of carboxylic acids is 1. The molecule has 0 aromatic carbocycles. The van der Waals surface area contributed by atoms with Gasteiger partial charge in [-0.2, -0.15) is 0 Å². The Kier molecular flexibility index (Phi) is 3.02. The number of rotatable bonds is 3. The average Bonchev–Trinajstić information content (AvgIpc) is 1.59. The van der Waals surface area contributed by atoms with Crippen LogP contribution in [0.3, 0.4) is 0 Å². The molecule has 0 aromatic heterocycles. The van der Waals surface area contributed by atoms with Gasteiger partial charge in [-0.05, 0) is 0 Å². The molecule has 4 nitrogen and oxygen atoms in total. The Morgan fingerprint density at radius 3 is 2.44 bits per heavy atom. The van der Waals surface area contributed by atoms with Gasteiger partial charge >= 0.3 is 5.97 Å². The summed E-state index contributed by atoms with van der Waals surface area (Å²) < 4.78 is 14.7. The molecule has 1 atom stereocenters. The molecule has 1 N–H and O–H groups in total. The van der Waals surface area contributed by atoms with E-state index in [9.17, 15) is 9.00 Å². The van der Waals surface area contributed by atoms with E-state index in [1.165, 1.54) is 0 Å². The highest BCUT2D eigenvalue weighted by molar-refractivity contribution is 8.29. The normalized spacial score (nSPS) is 16.6. The van der Waals surface area contributed by atoms with Crippen molar-refractivity contribution in [2.24, 2.45) is 0 Å². The first-order valence-corrected chi connectivity index (χ1v) is 4.79. The lowest BCUT2D eigenvalue weighted by Crippen LogP contribution is -2.10. The first-order chi connectivity index (χ1) is 3.92. The van der Waals surface area contributed by atoms with Crippen LogP contribution in [0, 0.1) is 0 Å². The lowest BCUT2D eigenvalue weighted by atomic mass is 10.8. The summed E-state index contributed by atoms with van der Waals surface area (Å²) in [7, 11) is -2.77. The van der Waals surface area contributed by atoms with Crippen LogP contribution in [-0.2, 0) is 28.9 Å². The number of carbonyl (C=O) groups is 1. The maximum Gasteiger partial charge on any atom is 0.331 e. The summed E-state index contributed by atoms with van der Waals surface area (Å²) in [5.41, 5.74) is 0. The SMILES string of the molecule is CS(=O)(=S)OCC(=O)O. The molecule has 0 aliphatic rings. The van der Waals surface area contributed by atoms with Crippen molar-refractivity contribution < 1.29 is 18.3 Å². The topological polar surface area (TPSA) is 63.6 Å². The quantitative estimate of drug-likeness (QED) is 0.611. The molecule has 9 heavy (non-hydrogen) atoms. The van der Waals surface area contributed by atoms with Crippen LogP contribution in [0.1, 0.15) is 0 Å². The summed E-state index contributed by atoms with van der Waals surface area (Å²) in [4.78, 5) is 9.75. The van der Waals surface area contributed by atoms with Crippen molar-refractivity contribution in [2.45, 2.75) is 0 Å². The summed E-state index contributed by atoms with van der Waals surface area (Å²) in [6.07, 6.45) is 1.16. The maximum atomic E-state index is 10.4. The third-order valence-electron chi connectivity index (χ3n) is 0.396. The van der Waals surface area contributed by atoms with E-state index in [1.54, 1.807) is 0 Å². The molecule has 0 aromatic rings. The Labute approximate surface area is 57.7 Å². The van der Waals surface area contributed by atoms with Gasteiger partial charge in [0.15, 0.2) is 6.61 Å². The highest BCUT2D eigenvalue weighted by atomic mass is 32.8. The van der Waals surface area contributed by atoms with Gasteiger partial charge in [0.2, 0.25) is 0 Å². The molecule has 6 heteroatoms. The fourth-order valence-electron chi connectivity index (χ4n) is 0.157. The summed E-state index contributed by atoms with van der Waals surface area (Å²) >= 11 is 4.25. The highest BCUT2D eigenvalue weighted by Crippen LogP contribution is 1.85. The van der Waals surface area contributed by atoms with Crippen molar-refractivity contribution in [3.63, 3.8) is 0 Å². The zero-order chi connectivity index (χ0) is 7.49. The monoisotopic (exact) mass is 170 g/mol. The molecule has 1 unspecified atom stereocenters. The van der Waals surface area contributed by atoms with Gasteiger partial charge in [-0.15, -0.1) is 0 Å². The van der Waals surface area contributed by atoms with E-state index in [0.29, 0.717) is 0 Å². The smallest absolute Gasteiger partial charge is 0.331 e. The van der Waals surface area contributed by atoms with Crippen LogP contribution in [0.2, 0.25) is 0 Å². The van der Waals surface area contributed by atoms with Crippen LogP contribution in [-0.4, -0.2) is 28.1 Å². The number of hydrogen-bond donors (Lipinski definition) is 1. The van der Waals surface area contributed by atoms with Gasteiger partial charge in [-0.1, -0.05) is 0 Å². The molecule has 0 aliphatic heterocycles. The first-order valence-electron chi connectivity index (χ1n) is 1.98. The van der Waals surface area contributed by atoms with Crippen molar-refractivity contribution in [2.75, 3.05) is 12.9 Å². The zero-order valence-electron chi connectivity index (χ0n) is 4.70. The van der Waals surface area contributed by atoms with Gasteiger partial charge in [0.1, 0.15) is 8.77 Å². The second kappa shape index (κ2) is 3.09. The Balaban J connectivity index is 3.67. The number of aliphatic carboxylic acids is 1. The largest absolute Gasteiger partial charge is 0.479 e. The predicted octanol–water partition coefficient (Wildman–Crippen LogP) is -0.621. The molecule has 0 bridgehead atoms. The van der Waals surface area contributed by atoms with E-state index in [-0.39, 0.29) is 0 Å². The van der Waals surface area contributed by atoms with Gasteiger partial charge in [-0.3, -0.25) is 4.18 Å². The van der Waals surface area contributed by atoms with Gasteiger partial charge in [0, 0.05) is 17.4 Å². The lowest BCUT2D eigenvalue weighted by Gasteiger charge is -1.96. The number of hydrogen-bond acceptors (Lipinski definition) is 4. The van der Waals surface area contributed by atoms with Crippen LogP contribution in [0.25, 0.3) is 0 Å². The van der Waals surface area contributed by atoms with Crippen molar-refractivity contribution in [3.05, 3.63) is 0 Å². The molecular weight excluding hydrogens is 164 g/mol. The molecule has 0 amide bonds. The van der Waals surface area contributed by atoms with Gasteiger partial charge in [0.05, 0.1) is 0 Å². The Morgan fingerprint density at radius 1 is 1.89 bits per heavy atom. The van der Waals surface area contributed by atoms with Crippen molar-refractivity contribution in [1.29, 1.82) is 0 Å². The summed E-state index contributed by atoms with van der Waals surface area (Å²) in [6, 6.07) is 0. The van der Waals surface area contributed by atoms with Gasteiger partial charge in [0.25, 0.3) is 0 Å². The third-order valence-corrected chi connectivity index (χ3v) is 1.23.